The van der Waals surface area contributed by atoms with Crippen molar-refractivity contribution in [1.82, 2.24) is 9.97 Å². The molecule has 2 heterocycles. The molecule has 0 spiro atoms. The van der Waals surface area contributed by atoms with Crippen LogP contribution in [0, 0.1) is 25.7 Å². The molecule has 0 amide bonds. The van der Waals surface area contributed by atoms with Gasteiger partial charge in [-0.1, -0.05) is 6.92 Å². The minimum atomic E-state index is -0.721. The molecule has 5 nitrogen and oxygen atoms in total. The number of carboxylic acid groups (broad SMARTS) is 1. The number of aryl methyl sites for hydroxylation is 2. The highest BCUT2D eigenvalue weighted by Gasteiger charge is 2.35. The average Bonchev–Trinajstić information content (AvgIpc) is 2.20. The second-order valence-corrected chi connectivity index (χ2v) is 4.69. The summed E-state index contributed by atoms with van der Waals surface area (Å²) in [6.45, 7) is 7.13. The molecular weight excluding hydrogens is 218 g/mol. The summed E-state index contributed by atoms with van der Waals surface area (Å²) in [6.07, 6.45) is 1.75. The molecule has 1 fully saturated rings. The lowest BCUT2D eigenvalue weighted by Gasteiger charge is -2.41. The topological polar surface area (TPSA) is 66.3 Å². The van der Waals surface area contributed by atoms with E-state index in [2.05, 4.69) is 14.9 Å². The normalized spacial score (nSPS) is 17.7. The van der Waals surface area contributed by atoms with Crippen molar-refractivity contribution in [3.05, 3.63) is 17.6 Å². The SMILES string of the molecule is Cc1ncc(N2CC(C(C)C(=O)O)C2)nc1C. The summed E-state index contributed by atoms with van der Waals surface area (Å²) >= 11 is 0. The van der Waals surface area contributed by atoms with Gasteiger partial charge in [-0.25, -0.2) is 4.98 Å². The lowest BCUT2D eigenvalue weighted by atomic mass is 9.87. The highest BCUT2D eigenvalue weighted by atomic mass is 16.4. The van der Waals surface area contributed by atoms with Gasteiger partial charge in [0.15, 0.2) is 0 Å². The molecule has 0 radical (unpaired) electrons. The summed E-state index contributed by atoms with van der Waals surface area (Å²) in [5.74, 6) is 0.0597. The second-order valence-electron chi connectivity index (χ2n) is 4.69. The first-order chi connectivity index (χ1) is 7.99. The van der Waals surface area contributed by atoms with Gasteiger partial charge in [0, 0.05) is 19.0 Å². The number of aromatic nitrogens is 2. The predicted octanol–water partition coefficient (Wildman–Crippen LogP) is 1.25. The molecule has 1 aliphatic rings. The minimum Gasteiger partial charge on any atom is -0.481 e. The first kappa shape index (κ1) is 11.8. The van der Waals surface area contributed by atoms with Crippen molar-refractivity contribution < 1.29 is 9.90 Å². The Kier molecular flexibility index (Phi) is 3.00. The smallest absolute Gasteiger partial charge is 0.306 e. The average molecular weight is 235 g/mol. The van der Waals surface area contributed by atoms with Crippen LogP contribution in [0.5, 0.6) is 0 Å². The summed E-state index contributed by atoms with van der Waals surface area (Å²) in [5.41, 5.74) is 1.86. The summed E-state index contributed by atoms with van der Waals surface area (Å²) in [5, 5.41) is 8.91. The number of carboxylic acids is 1. The van der Waals surface area contributed by atoms with Gasteiger partial charge in [-0.3, -0.25) is 9.78 Å². The highest BCUT2D eigenvalue weighted by molar-refractivity contribution is 5.70. The van der Waals surface area contributed by atoms with Gasteiger partial charge in [-0.05, 0) is 13.8 Å². The molecule has 92 valence electrons. The fourth-order valence-corrected chi connectivity index (χ4v) is 1.90. The van der Waals surface area contributed by atoms with Crippen molar-refractivity contribution in [2.45, 2.75) is 20.8 Å². The van der Waals surface area contributed by atoms with Gasteiger partial charge in [-0.15, -0.1) is 0 Å². The van der Waals surface area contributed by atoms with E-state index in [1.54, 1.807) is 13.1 Å². The van der Waals surface area contributed by atoms with Crippen molar-refractivity contribution in [2.24, 2.45) is 11.8 Å². The molecule has 1 unspecified atom stereocenters. The second kappa shape index (κ2) is 4.31. The summed E-state index contributed by atoms with van der Waals surface area (Å²) in [4.78, 5) is 21.6. The Labute approximate surface area is 100 Å². The number of nitrogens with zero attached hydrogens (tertiary/aromatic N) is 3. The lowest BCUT2D eigenvalue weighted by molar-refractivity contribution is -0.143. The maximum absolute atomic E-state index is 10.8. The number of carbonyl (C=O) groups is 1. The van der Waals surface area contributed by atoms with Crippen molar-refractivity contribution in [3.8, 4) is 0 Å². The molecule has 0 aromatic carbocycles. The van der Waals surface area contributed by atoms with Crippen molar-refractivity contribution in [2.75, 3.05) is 18.0 Å². The van der Waals surface area contributed by atoms with Crippen LogP contribution in [0.4, 0.5) is 5.82 Å². The maximum atomic E-state index is 10.8. The fraction of sp³-hybridized carbons (Fsp3) is 0.583. The van der Waals surface area contributed by atoms with Crippen LogP contribution in [0.2, 0.25) is 0 Å². The highest BCUT2D eigenvalue weighted by Crippen LogP contribution is 2.28. The molecule has 1 atom stereocenters. The molecule has 17 heavy (non-hydrogen) atoms. The summed E-state index contributed by atoms with van der Waals surface area (Å²) < 4.78 is 0. The van der Waals surface area contributed by atoms with E-state index in [1.807, 2.05) is 13.8 Å². The molecule has 0 aliphatic carbocycles. The quantitative estimate of drug-likeness (QED) is 0.854. The number of aliphatic carboxylic acids is 1. The van der Waals surface area contributed by atoms with E-state index in [0.717, 1.165) is 30.3 Å². The Bertz CT molecular complexity index is 441. The standard InChI is InChI=1S/C12H17N3O2/c1-7(12(16)17)10-5-15(6-10)11-4-13-8(2)9(3)14-11/h4,7,10H,5-6H2,1-3H3,(H,16,17). The van der Waals surface area contributed by atoms with Crippen LogP contribution >= 0.6 is 0 Å². The van der Waals surface area contributed by atoms with E-state index in [4.69, 9.17) is 5.11 Å². The lowest BCUT2D eigenvalue weighted by Crippen LogP contribution is -2.51. The zero-order valence-corrected chi connectivity index (χ0v) is 10.3. The van der Waals surface area contributed by atoms with Crippen molar-refractivity contribution in [1.29, 1.82) is 0 Å². The molecule has 1 aliphatic heterocycles. The third-order valence-electron chi connectivity index (χ3n) is 3.51. The van der Waals surface area contributed by atoms with E-state index in [9.17, 15) is 4.79 Å². The number of anilines is 1. The number of rotatable bonds is 3. The van der Waals surface area contributed by atoms with E-state index >= 15 is 0 Å². The molecule has 0 bridgehead atoms. The Hall–Kier alpha value is -1.65. The fourth-order valence-electron chi connectivity index (χ4n) is 1.90. The van der Waals surface area contributed by atoms with Gasteiger partial charge < -0.3 is 10.0 Å². The molecule has 0 saturated carbocycles. The third kappa shape index (κ3) is 2.23. The van der Waals surface area contributed by atoms with Gasteiger partial charge in [0.05, 0.1) is 23.5 Å². The van der Waals surface area contributed by atoms with Gasteiger partial charge in [0.1, 0.15) is 5.82 Å². The van der Waals surface area contributed by atoms with E-state index in [1.165, 1.54) is 0 Å². The molecule has 1 saturated heterocycles. The first-order valence-corrected chi connectivity index (χ1v) is 5.77. The van der Waals surface area contributed by atoms with Gasteiger partial charge in [0.25, 0.3) is 0 Å². The van der Waals surface area contributed by atoms with E-state index < -0.39 is 5.97 Å². The molecular formula is C12H17N3O2. The van der Waals surface area contributed by atoms with Crippen LogP contribution in [0.1, 0.15) is 18.3 Å². The van der Waals surface area contributed by atoms with Crippen LogP contribution in [0.3, 0.4) is 0 Å². The van der Waals surface area contributed by atoms with Crippen LogP contribution < -0.4 is 4.90 Å². The minimum absolute atomic E-state index is 0.218. The molecule has 2 rings (SSSR count). The molecule has 1 N–H and O–H groups in total. The number of hydrogen-bond acceptors (Lipinski definition) is 4. The largest absolute Gasteiger partial charge is 0.481 e. The Morgan fingerprint density at radius 3 is 2.65 bits per heavy atom. The van der Waals surface area contributed by atoms with Gasteiger partial charge >= 0.3 is 5.97 Å². The molecule has 1 aromatic heterocycles. The third-order valence-corrected chi connectivity index (χ3v) is 3.51. The molecule has 1 aromatic rings. The van der Waals surface area contributed by atoms with E-state index in [0.29, 0.717) is 0 Å². The summed E-state index contributed by atoms with van der Waals surface area (Å²) in [7, 11) is 0. The Morgan fingerprint density at radius 2 is 2.12 bits per heavy atom. The monoisotopic (exact) mass is 235 g/mol. The zero-order valence-electron chi connectivity index (χ0n) is 10.3. The van der Waals surface area contributed by atoms with Crippen LogP contribution in [0.15, 0.2) is 6.20 Å². The van der Waals surface area contributed by atoms with Gasteiger partial charge in [0.2, 0.25) is 0 Å². The zero-order chi connectivity index (χ0) is 12.6. The molecule has 5 heteroatoms. The predicted molar refractivity (Wildman–Crippen MR) is 64.0 cm³/mol. The maximum Gasteiger partial charge on any atom is 0.306 e. The van der Waals surface area contributed by atoms with Gasteiger partial charge in [-0.2, -0.15) is 0 Å². The van der Waals surface area contributed by atoms with Crippen LogP contribution in [0.25, 0.3) is 0 Å². The number of hydrogen-bond donors (Lipinski definition) is 1. The van der Waals surface area contributed by atoms with Crippen molar-refractivity contribution in [3.63, 3.8) is 0 Å². The van der Waals surface area contributed by atoms with E-state index in [-0.39, 0.29) is 11.8 Å². The van der Waals surface area contributed by atoms with Crippen LogP contribution in [-0.4, -0.2) is 34.1 Å². The summed E-state index contributed by atoms with van der Waals surface area (Å²) in [6, 6.07) is 0. The van der Waals surface area contributed by atoms with Crippen molar-refractivity contribution >= 4 is 11.8 Å². The Balaban J connectivity index is 1.99. The first-order valence-electron chi connectivity index (χ1n) is 5.77. The Morgan fingerprint density at radius 1 is 1.47 bits per heavy atom. The van der Waals surface area contributed by atoms with Crippen LogP contribution in [-0.2, 0) is 4.79 Å².